The van der Waals surface area contributed by atoms with Gasteiger partial charge in [-0.05, 0) is 36.3 Å². The number of benzene rings is 1. The second kappa shape index (κ2) is 10.8. The summed E-state index contributed by atoms with van der Waals surface area (Å²) >= 11 is 11.3. The average Bonchev–Trinajstić information content (AvgIpc) is 2.67. The molecule has 0 spiro atoms. The first-order valence-electron chi connectivity index (χ1n) is 8.90. The Kier molecular flexibility index (Phi) is 8.41. The Morgan fingerprint density at radius 2 is 2.18 bits per heavy atom. The zero-order valence-electron chi connectivity index (χ0n) is 15.4. The first kappa shape index (κ1) is 21.8. The lowest BCUT2D eigenvalue weighted by Crippen LogP contribution is -2.60. The highest BCUT2D eigenvalue weighted by atomic mass is 35.5. The zero-order valence-corrected chi connectivity index (χ0v) is 17.0. The Labute approximate surface area is 174 Å². The predicted molar refractivity (Wildman–Crippen MR) is 111 cm³/mol. The number of carbonyl (C=O) groups excluding carboxylic acids is 3. The van der Waals surface area contributed by atoms with Crippen molar-refractivity contribution >= 4 is 52.8 Å². The maximum Gasteiger partial charge on any atom is 0.308 e. The molecule has 0 aromatic heterocycles. The van der Waals surface area contributed by atoms with Crippen LogP contribution in [0.1, 0.15) is 25.3 Å². The summed E-state index contributed by atoms with van der Waals surface area (Å²) in [4.78, 5) is 37.8. The molecule has 1 heterocycles. The van der Waals surface area contributed by atoms with Crippen LogP contribution in [0, 0.1) is 0 Å². The third kappa shape index (κ3) is 6.31. The fourth-order valence-corrected chi connectivity index (χ4v) is 3.11. The summed E-state index contributed by atoms with van der Waals surface area (Å²) in [5, 5.41) is 5.86. The van der Waals surface area contributed by atoms with Crippen molar-refractivity contribution in [1.29, 1.82) is 0 Å². The molecule has 2 rings (SSSR count). The van der Waals surface area contributed by atoms with Gasteiger partial charge in [-0.3, -0.25) is 19.7 Å². The Morgan fingerprint density at radius 3 is 2.89 bits per heavy atom. The van der Waals surface area contributed by atoms with E-state index in [0.29, 0.717) is 36.7 Å². The Morgan fingerprint density at radius 1 is 1.43 bits per heavy atom. The molecule has 1 atom stereocenters. The maximum absolute atomic E-state index is 12.2. The summed E-state index contributed by atoms with van der Waals surface area (Å²) in [7, 11) is 0. The fourth-order valence-electron chi connectivity index (χ4n) is 2.59. The number of carbonyl (C=O) groups is 3. The minimum Gasteiger partial charge on any atom is -0.466 e. The zero-order chi connectivity index (χ0) is 20.5. The van der Waals surface area contributed by atoms with Gasteiger partial charge in [0.15, 0.2) is 5.11 Å². The second-order valence-electron chi connectivity index (χ2n) is 6.07. The molecule has 1 aromatic rings. The summed E-state index contributed by atoms with van der Waals surface area (Å²) < 4.78 is 5.05. The van der Waals surface area contributed by atoms with Crippen molar-refractivity contribution < 1.29 is 19.1 Å². The summed E-state index contributed by atoms with van der Waals surface area (Å²) in [6.45, 7) is 2.92. The number of ether oxygens (including phenoxy) is 1. The molecule has 7 nitrogen and oxygen atoms in total. The number of nitrogens with one attached hydrogen (secondary N) is 2. The van der Waals surface area contributed by atoms with Crippen molar-refractivity contribution in [3.05, 3.63) is 40.9 Å². The monoisotopic (exact) mass is 423 g/mol. The molecule has 1 aliphatic rings. The molecule has 1 fully saturated rings. The van der Waals surface area contributed by atoms with Crippen molar-refractivity contribution in [2.45, 2.75) is 25.8 Å². The molecule has 1 aliphatic heterocycles. The van der Waals surface area contributed by atoms with E-state index in [1.54, 1.807) is 24.3 Å². The number of rotatable bonds is 6. The summed E-state index contributed by atoms with van der Waals surface area (Å²) in [6.07, 6.45) is 3.43. The topological polar surface area (TPSA) is 87.7 Å². The Balaban J connectivity index is 1.99. The van der Waals surface area contributed by atoms with Gasteiger partial charge in [-0.1, -0.05) is 36.7 Å². The minimum absolute atomic E-state index is 0.0805. The lowest BCUT2D eigenvalue weighted by Gasteiger charge is -2.36. The number of halogens is 1. The van der Waals surface area contributed by atoms with Crippen LogP contribution < -0.4 is 10.6 Å². The fraction of sp³-hybridized carbons (Fsp3) is 0.368. The molecule has 1 unspecified atom stereocenters. The van der Waals surface area contributed by atoms with Gasteiger partial charge in [0, 0.05) is 24.2 Å². The van der Waals surface area contributed by atoms with E-state index < -0.39 is 17.9 Å². The van der Waals surface area contributed by atoms with Gasteiger partial charge < -0.3 is 15.0 Å². The van der Waals surface area contributed by atoms with Crippen LogP contribution in [-0.2, 0) is 19.1 Å². The average molecular weight is 424 g/mol. The lowest BCUT2D eigenvalue weighted by atomic mass is 10.1. The van der Waals surface area contributed by atoms with Crippen LogP contribution >= 0.6 is 23.8 Å². The summed E-state index contributed by atoms with van der Waals surface area (Å²) in [6, 6.07) is 6.28. The molecule has 0 saturated carbocycles. The van der Waals surface area contributed by atoms with Crippen LogP contribution in [-0.4, -0.2) is 53.5 Å². The minimum atomic E-state index is -0.821. The summed E-state index contributed by atoms with van der Waals surface area (Å²) in [5.74, 6) is -1.27. The van der Waals surface area contributed by atoms with Gasteiger partial charge in [-0.15, -0.1) is 0 Å². The van der Waals surface area contributed by atoms with Crippen molar-refractivity contribution in [1.82, 2.24) is 15.5 Å². The van der Waals surface area contributed by atoms with Gasteiger partial charge in [-0.2, -0.15) is 0 Å². The normalized spacial score (nSPS) is 16.6. The number of nitrogens with zero attached hydrogens (tertiary/aromatic N) is 1. The highest BCUT2D eigenvalue weighted by molar-refractivity contribution is 7.80. The van der Waals surface area contributed by atoms with E-state index in [0.717, 1.165) is 0 Å². The van der Waals surface area contributed by atoms with Gasteiger partial charge in [-0.25, -0.2) is 0 Å². The molecular weight excluding hydrogens is 402 g/mol. The predicted octanol–water partition coefficient (Wildman–Crippen LogP) is 1.90. The van der Waals surface area contributed by atoms with Gasteiger partial charge in [0.25, 0.3) is 0 Å². The standard InChI is InChI=1S/C19H22ClN3O4S/c1-2-11-27-17(25)12-15-18(26)21-9-10-23(15)19(28)22-16(24)8-7-13-5-3-4-6-14(13)20/h3-8,15H,2,9-12H2,1H3,(H,21,26)(H,22,24,28)/b8-7+. The number of piperazine rings is 1. The third-order valence-corrected chi connectivity index (χ3v) is 4.65. The molecule has 2 N–H and O–H groups in total. The third-order valence-electron chi connectivity index (χ3n) is 3.97. The quantitative estimate of drug-likeness (QED) is 0.413. The van der Waals surface area contributed by atoms with Crippen LogP contribution in [0.2, 0.25) is 5.02 Å². The van der Waals surface area contributed by atoms with Crippen molar-refractivity contribution in [3.8, 4) is 0 Å². The van der Waals surface area contributed by atoms with Gasteiger partial charge in [0.05, 0.1) is 13.0 Å². The molecule has 0 bridgehead atoms. The molecule has 28 heavy (non-hydrogen) atoms. The number of esters is 1. The van der Waals surface area contributed by atoms with Gasteiger partial charge >= 0.3 is 5.97 Å². The molecule has 0 aliphatic carbocycles. The largest absolute Gasteiger partial charge is 0.466 e. The number of hydrogen-bond donors (Lipinski definition) is 2. The molecule has 150 valence electrons. The van der Waals surface area contributed by atoms with E-state index >= 15 is 0 Å². The van der Waals surface area contributed by atoms with E-state index in [9.17, 15) is 14.4 Å². The van der Waals surface area contributed by atoms with Crippen LogP contribution in [0.5, 0.6) is 0 Å². The van der Waals surface area contributed by atoms with Crippen molar-refractivity contribution in [2.24, 2.45) is 0 Å². The number of thiocarbonyl (C=S) groups is 1. The molecular formula is C19H22ClN3O4S. The van der Waals surface area contributed by atoms with Gasteiger partial charge in [0.1, 0.15) is 6.04 Å². The van der Waals surface area contributed by atoms with E-state index in [2.05, 4.69) is 10.6 Å². The van der Waals surface area contributed by atoms with Crippen LogP contribution in [0.4, 0.5) is 0 Å². The highest BCUT2D eigenvalue weighted by Crippen LogP contribution is 2.16. The number of amides is 2. The van der Waals surface area contributed by atoms with E-state index in [4.69, 9.17) is 28.6 Å². The molecule has 0 radical (unpaired) electrons. The van der Waals surface area contributed by atoms with Crippen LogP contribution in [0.3, 0.4) is 0 Å². The lowest BCUT2D eigenvalue weighted by molar-refractivity contribution is -0.147. The summed E-state index contributed by atoms with van der Waals surface area (Å²) in [5.41, 5.74) is 0.694. The van der Waals surface area contributed by atoms with Crippen LogP contribution in [0.15, 0.2) is 30.3 Å². The second-order valence-corrected chi connectivity index (χ2v) is 6.87. The molecule has 9 heteroatoms. The smallest absolute Gasteiger partial charge is 0.308 e. The molecule has 2 amide bonds. The van der Waals surface area contributed by atoms with Crippen molar-refractivity contribution in [2.75, 3.05) is 19.7 Å². The highest BCUT2D eigenvalue weighted by Gasteiger charge is 2.34. The van der Waals surface area contributed by atoms with Crippen LogP contribution in [0.25, 0.3) is 6.08 Å². The number of hydrogen-bond acceptors (Lipinski definition) is 5. The Hall–Kier alpha value is -2.45. The molecule has 1 aromatic carbocycles. The van der Waals surface area contributed by atoms with E-state index in [1.165, 1.54) is 11.0 Å². The van der Waals surface area contributed by atoms with E-state index in [1.807, 2.05) is 13.0 Å². The van der Waals surface area contributed by atoms with E-state index in [-0.39, 0.29) is 17.4 Å². The first-order chi connectivity index (χ1) is 13.4. The SMILES string of the molecule is CCCOC(=O)CC1C(=O)NCCN1C(=S)NC(=O)/C=C/c1ccccc1Cl. The van der Waals surface area contributed by atoms with Gasteiger partial charge in [0.2, 0.25) is 11.8 Å². The maximum atomic E-state index is 12.2. The first-order valence-corrected chi connectivity index (χ1v) is 9.68. The molecule has 1 saturated heterocycles. The Bertz CT molecular complexity index is 784. The van der Waals surface area contributed by atoms with Crippen molar-refractivity contribution in [3.63, 3.8) is 0 Å².